The Labute approximate surface area is 124 Å². The van der Waals surface area contributed by atoms with Crippen molar-refractivity contribution in [3.63, 3.8) is 0 Å². The molecular weight excluding hydrogens is 264 g/mol. The van der Waals surface area contributed by atoms with E-state index in [2.05, 4.69) is 53.6 Å². The maximum absolute atomic E-state index is 8.80. The summed E-state index contributed by atoms with van der Waals surface area (Å²) < 4.78 is 0. The van der Waals surface area contributed by atoms with Gasteiger partial charge in [-0.3, -0.25) is 4.98 Å². The third-order valence-corrected chi connectivity index (χ3v) is 3.38. The summed E-state index contributed by atoms with van der Waals surface area (Å²) in [5.41, 5.74) is 9.50. The lowest BCUT2D eigenvalue weighted by molar-refractivity contribution is 0.318. The molecule has 1 heterocycles. The zero-order valence-electron chi connectivity index (χ0n) is 12.2. The van der Waals surface area contributed by atoms with E-state index in [1.807, 2.05) is 12.1 Å². The van der Waals surface area contributed by atoms with Gasteiger partial charge in [0.25, 0.3) is 0 Å². The summed E-state index contributed by atoms with van der Waals surface area (Å²) in [6.07, 6.45) is 1.63. The van der Waals surface area contributed by atoms with Gasteiger partial charge in [-0.05, 0) is 31.0 Å². The van der Waals surface area contributed by atoms with Crippen LogP contribution in [0.3, 0.4) is 0 Å². The van der Waals surface area contributed by atoms with Crippen LogP contribution in [0.4, 0.5) is 0 Å². The Morgan fingerprint density at radius 1 is 1.38 bits per heavy atom. The minimum Gasteiger partial charge on any atom is -0.409 e. The van der Waals surface area contributed by atoms with Crippen LogP contribution in [0.15, 0.2) is 47.8 Å². The number of aryl methyl sites for hydroxylation is 1. The summed E-state index contributed by atoms with van der Waals surface area (Å²) in [5, 5.41) is 15.3. The molecule has 0 radical (unpaired) electrons. The fraction of sp³-hybridized carbons (Fsp3) is 0.250. The maximum atomic E-state index is 8.80. The highest BCUT2D eigenvalue weighted by Gasteiger charge is 2.10. The Bertz CT molecular complexity index is 640. The number of nitrogens with zero attached hydrogens (tertiary/aromatic N) is 2. The largest absolute Gasteiger partial charge is 0.409 e. The third kappa shape index (κ3) is 3.79. The second kappa shape index (κ2) is 6.85. The second-order valence-corrected chi connectivity index (χ2v) is 5.01. The number of oxime groups is 1. The zero-order chi connectivity index (χ0) is 15.2. The van der Waals surface area contributed by atoms with Crippen LogP contribution in [-0.2, 0) is 6.54 Å². The van der Waals surface area contributed by atoms with Crippen LogP contribution in [0.25, 0.3) is 0 Å². The lowest BCUT2D eigenvalue weighted by Crippen LogP contribution is -2.23. The summed E-state index contributed by atoms with van der Waals surface area (Å²) in [6, 6.07) is 12.3. The molecule has 0 aliphatic carbocycles. The van der Waals surface area contributed by atoms with E-state index in [9.17, 15) is 0 Å². The first-order valence-electron chi connectivity index (χ1n) is 6.83. The van der Waals surface area contributed by atoms with Gasteiger partial charge in [-0.1, -0.05) is 41.1 Å². The molecule has 5 nitrogen and oxygen atoms in total. The molecule has 5 heteroatoms. The third-order valence-electron chi connectivity index (χ3n) is 3.38. The summed E-state index contributed by atoms with van der Waals surface area (Å²) in [4.78, 5) is 4.16. The Morgan fingerprint density at radius 3 is 2.90 bits per heavy atom. The maximum Gasteiger partial charge on any atom is 0.189 e. The summed E-state index contributed by atoms with van der Waals surface area (Å²) in [6.45, 7) is 4.77. The fourth-order valence-corrected chi connectivity index (χ4v) is 2.18. The number of nitrogens with one attached hydrogen (secondary N) is 1. The predicted molar refractivity (Wildman–Crippen MR) is 83.2 cm³/mol. The Kier molecular flexibility index (Phi) is 4.90. The van der Waals surface area contributed by atoms with Crippen molar-refractivity contribution in [3.8, 4) is 0 Å². The molecule has 0 amide bonds. The van der Waals surface area contributed by atoms with Crippen molar-refractivity contribution in [3.05, 3.63) is 65.0 Å². The van der Waals surface area contributed by atoms with E-state index in [-0.39, 0.29) is 11.9 Å². The first-order valence-corrected chi connectivity index (χ1v) is 6.83. The lowest BCUT2D eigenvalue weighted by atomic mass is 10.1. The molecule has 0 saturated heterocycles. The lowest BCUT2D eigenvalue weighted by Gasteiger charge is -2.16. The number of hydrogen-bond acceptors (Lipinski definition) is 4. The van der Waals surface area contributed by atoms with Crippen LogP contribution < -0.4 is 11.1 Å². The van der Waals surface area contributed by atoms with E-state index in [0.717, 1.165) is 5.56 Å². The quantitative estimate of drug-likeness (QED) is 0.340. The molecule has 0 fully saturated rings. The molecule has 0 saturated carbocycles. The molecule has 1 aromatic heterocycles. The van der Waals surface area contributed by atoms with Crippen LogP contribution in [0, 0.1) is 6.92 Å². The van der Waals surface area contributed by atoms with Gasteiger partial charge < -0.3 is 16.3 Å². The smallest absolute Gasteiger partial charge is 0.189 e. The van der Waals surface area contributed by atoms with Gasteiger partial charge in [0, 0.05) is 18.8 Å². The van der Waals surface area contributed by atoms with Crippen LogP contribution in [0.2, 0.25) is 0 Å². The highest BCUT2D eigenvalue weighted by molar-refractivity contribution is 5.96. The van der Waals surface area contributed by atoms with Gasteiger partial charge in [0.1, 0.15) is 5.69 Å². The fourth-order valence-electron chi connectivity index (χ4n) is 2.18. The van der Waals surface area contributed by atoms with Gasteiger partial charge in [-0.2, -0.15) is 0 Å². The molecule has 0 aliphatic rings. The summed E-state index contributed by atoms with van der Waals surface area (Å²) in [7, 11) is 0. The predicted octanol–water partition coefficient (Wildman–Crippen LogP) is 2.34. The molecule has 0 unspecified atom stereocenters. The second-order valence-electron chi connectivity index (χ2n) is 5.01. The number of benzene rings is 1. The van der Waals surface area contributed by atoms with Crippen molar-refractivity contribution >= 4 is 5.84 Å². The molecule has 1 atom stereocenters. The molecule has 0 aliphatic heterocycles. The van der Waals surface area contributed by atoms with Crippen LogP contribution in [-0.4, -0.2) is 16.0 Å². The Hall–Kier alpha value is -2.40. The average Bonchev–Trinajstić information content (AvgIpc) is 2.52. The highest BCUT2D eigenvalue weighted by Crippen LogP contribution is 2.15. The molecule has 110 valence electrons. The van der Waals surface area contributed by atoms with E-state index >= 15 is 0 Å². The number of amidine groups is 1. The van der Waals surface area contributed by atoms with E-state index in [4.69, 9.17) is 10.9 Å². The minimum absolute atomic E-state index is 0.0237. The monoisotopic (exact) mass is 284 g/mol. The highest BCUT2D eigenvalue weighted by atomic mass is 16.4. The first kappa shape index (κ1) is 15.0. The zero-order valence-corrected chi connectivity index (χ0v) is 12.2. The van der Waals surface area contributed by atoms with E-state index in [1.54, 1.807) is 6.20 Å². The molecule has 0 spiro atoms. The average molecular weight is 284 g/mol. The van der Waals surface area contributed by atoms with E-state index < -0.39 is 0 Å². The van der Waals surface area contributed by atoms with Crippen LogP contribution in [0.1, 0.15) is 35.3 Å². The molecule has 0 bridgehead atoms. The number of pyridine rings is 1. The Morgan fingerprint density at radius 2 is 2.19 bits per heavy atom. The molecule has 4 N–H and O–H groups in total. The number of nitrogens with two attached hydrogens (primary N) is 1. The summed E-state index contributed by atoms with van der Waals surface area (Å²) >= 11 is 0. The topological polar surface area (TPSA) is 83.5 Å². The number of rotatable bonds is 5. The number of hydrogen-bond donors (Lipinski definition) is 3. The first-order chi connectivity index (χ1) is 10.1. The standard InChI is InChI=1S/C16H20N4O/c1-11-5-3-6-13(9-11)12(2)19-10-14-7-4-8-18-15(14)16(17)20-21/h3-9,12,19,21H,10H2,1-2H3,(H2,17,20)/t12-/m1/s1. The van der Waals surface area contributed by atoms with Crippen molar-refractivity contribution in [1.82, 2.24) is 10.3 Å². The number of aromatic nitrogens is 1. The SMILES string of the molecule is Cc1cccc([C@@H](C)NCc2cccnc2/C(N)=N/O)c1. The van der Waals surface area contributed by atoms with Gasteiger partial charge >= 0.3 is 0 Å². The Balaban J connectivity index is 2.10. The minimum atomic E-state index is 0.0237. The van der Waals surface area contributed by atoms with Crippen LogP contribution in [0.5, 0.6) is 0 Å². The molecular formula is C16H20N4O. The van der Waals surface area contributed by atoms with Crippen molar-refractivity contribution < 1.29 is 5.21 Å². The van der Waals surface area contributed by atoms with E-state index in [0.29, 0.717) is 12.2 Å². The van der Waals surface area contributed by atoms with Crippen molar-refractivity contribution in [2.75, 3.05) is 0 Å². The van der Waals surface area contributed by atoms with Gasteiger partial charge in [-0.25, -0.2) is 0 Å². The molecule has 1 aromatic carbocycles. The molecule has 2 aromatic rings. The van der Waals surface area contributed by atoms with Gasteiger partial charge in [0.2, 0.25) is 0 Å². The normalized spacial score (nSPS) is 13.1. The summed E-state index contributed by atoms with van der Waals surface area (Å²) in [5.74, 6) is 0.0237. The molecule has 2 rings (SSSR count). The van der Waals surface area contributed by atoms with Crippen molar-refractivity contribution in [2.45, 2.75) is 26.4 Å². The van der Waals surface area contributed by atoms with Crippen LogP contribution >= 0.6 is 0 Å². The van der Waals surface area contributed by atoms with E-state index in [1.165, 1.54) is 11.1 Å². The van der Waals surface area contributed by atoms with Gasteiger partial charge in [0.15, 0.2) is 5.84 Å². The molecule has 21 heavy (non-hydrogen) atoms. The van der Waals surface area contributed by atoms with Crippen molar-refractivity contribution in [2.24, 2.45) is 10.9 Å². The van der Waals surface area contributed by atoms with Gasteiger partial charge in [-0.15, -0.1) is 0 Å². The van der Waals surface area contributed by atoms with Crippen molar-refractivity contribution in [1.29, 1.82) is 0 Å². The van der Waals surface area contributed by atoms with Gasteiger partial charge in [0.05, 0.1) is 0 Å².